The lowest BCUT2D eigenvalue weighted by molar-refractivity contribution is -0.153. The van der Waals surface area contributed by atoms with E-state index in [4.69, 9.17) is 5.73 Å². The van der Waals surface area contributed by atoms with Crippen LogP contribution in [0, 0.1) is 11.8 Å². The number of phenolic OH excluding ortho intramolecular Hbond substituents is 2. The summed E-state index contributed by atoms with van der Waals surface area (Å²) in [5.41, 5.74) is 2.51. The zero-order chi connectivity index (χ0) is 28.1. The van der Waals surface area contributed by atoms with E-state index in [-0.39, 0.29) is 29.1 Å². The van der Waals surface area contributed by atoms with Gasteiger partial charge in [0.1, 0.15) is 28.6 Å². The minimum absolute atomic E-state index is 0.00975. The van der Waals surface area contributed by atoms with Crippen LogP contribution >= 0.6 is 0 Å². The Hall–Kier alpha value is -4.15. The first-order valence-corrected chi connectivity index (χ1v) is 12.1. The van der Waals surface area contributed by atoms with Gasteiger partial charge in [-0.1, -0.05) is 25.1 Å². The molecule has 0 aliphatic heterocycles. The number of hydrogen-bond acceptors (Lipinski definition) is 9. The van der Waals surface area contributed by atoms with Gasteiger partial charge in [-0.3, -0.25) is 19.3 Å². The number of carbonyl (C=O) groups is 3. The molecule has 1 fully saturated rings. The van der Waals surface area contributed by atoms with Gasteiger partial charge >= 0.3 is 0 Å². The molecule has 0 heterocycles. The molecule has 2 aliphatic carbocycles. The molecule has 4 rings (SSSR count). The number of hydrogen-bond donors (Lipinski definition) is 6. The Bertz CT molecular complexity index is 1410. The number of nitrogens with zero attached hydrogens (tertiary/aromatic N) is 1. The number of ketones is 2. The number of primary amides is 1. The second-order valence-electron chi connectivity index (χ2n) is 9.95. The minimum atomic E-state index is -2.71. The third-order valence-corrected chi connectivity index (χ3v) is 7.55. The van der Waals surface area contributed by atoms with Gasteiger partial charge in [0.2, 0.25) is 5.78 Å². The molecular weight excluding hydrogens is 492 g/mol. The fourth-order valence-corrected chi connectivity index (χ4v) is 5.67. The van der Waals surface area contributed by atoms with Gasteiger partial charge in [0, 0.05) is 11.5 Å². The summed E-state index contributed by atoms with van der Waals surface area (Å²) in [6, 6.07) is 9.50. The van der Waals surface area contributed by atoms with Crippen molar-refractivity contribution in [2.24, 2.45) is 17.6 Å². The minimum Gasteiger partial charge on any atom is -0.508 e. The van der Waals surface area contributed by atoms with E-state index in [1.165, 1.54) is 29.2 Å². The second kappa shape index (κ2) is 9.62. The van der Waals surface area contributed by atoms with Crippen molar-refractivity contribution in [2.45, 2.75) is 31.4 Å². The van der Waals surface area contributed by atoms with Crippen LogP contribution in [0.2, 0.25) is 0 Å². The number of fused-ring (bicyclic) bond motifs is 1. The smallest absolute Gasteiger partial charge is 0.255 e. The summed E-state index contributed by atoms with van der Waals surface area (Å²) in [6.07, 6.45) is 0.335. The van der Waals surface area contributed by atoms with Gasteiger partial charge in [0.05, 0.1) is 11.6 Å². The number of aliphatic hydroxyl groups is 3. The number of nitrogens with two attached hydrogens (primary N) is 1. The molecule has 200 valence electrons. The zero-order valence-corrected chi connectivity index (χ0v) is 21.2. The van der Waals surface area contributed by atoms with Gasteiger partial charge in [-0.15, -0.1) is 0 Å². The maximum Gasteiger partial charge on any atom is 0.255 e. The van der Waals surface area contributed by atoms with E-state index >= 15 is 0 Å². The van der Waals surface area contributed by atoms with Crippen LogP contribution in [0.15, 0.2) is 59.4 Å². The molecule has 2 aliphatic rings. The van der Waals surface area contributed by atoms with Gasteiger partial charge in [-0.05, 0) is 68.2 Å². The Labute approximate surface area is 218 Å². The number of Topliss-reactive ketones (excluding diaryl/α,β-unsaturated/α-hetero) is 2. The summed E-state index contributed by atoms with van der Waals surface area (Å²) >= 11 is 0. The molecule has 10 nitrogen and oxygen atoms in total. The Morgan fingerprint density at radius 1 is 1.08 bits per heavy atom. The van der Waals surface area contributed by atoms with Crippen LogP contribution in [-0.4, -0.2) is 73.6 Å². The predicted octanol–water partition coefficient (Wildman–Crippen LogP) is 2.19. The van der Waals surface area contributed by atoms with Crippen LogP contribution in [0.4, 0.5) is 0 Å². The highest BCUT2D eigenvalue weighted by atomic mass is 16.3. The van der Waals surface area contributed by atoms with E-state index in [2.05, 4.69) is 0 Å². The van der Waals surface area contributed by atoms with Crippen molar-refractivity contribution in [3.05, 3.63) is 64.9 Å². The lowest BCUT2D eigenvalue weighted by Crippen LogP contribution is -2.65. The van der Waals surface area contributed by atoms with Crippen LogP contribution in [0.5, 0.6) is 11.5 Å². The molecule has 4 atom stereocenters. The summed E-state index contributed by atoms with van der Waals surface area (Å²) in [7, 11) is 3.09. The molecule has 0 bridgehead atoms. The highest BCUT2D eigenvalue weighted by molar-refractivity contribution is 6.24. The SMILES string of the molecule is CC[C@H]1C[C@H]2[C@H](N(C)C)C(=O)C(C(N)=O)=C(O)[C@@]2(O)C(=O)C1=C(O)c1cc(-c2cccc(O)c2)ccc1O. The van der Waals surface area contributed by atoms with Crippen molar-refractivity contribution in [3.8, 4) is 22.6 Å². The number of likely N-dealkylation sites (N-methyl/N-ethyl adjacent to an activating group) is 1. The largest absolute Gasteiger partial charge is 0.508 e. The zero-order valence-electron chi connectivity index (χ0n) is 21.2. The number of benzene rings is 2. The molecule has 2 aromatic carbocycles. The monoisotopic (exact) mass is 522 g/mol. The highest BCUT2D eigenvalue weighted by Gasteiger charge is 2.63. The molecular formula is C28H30N2O8. The normalized spacial score (nSPS) is 26.9. The molecule has 38 heavy (non-hydrogen) atoms. The quantitative estimate of drug-likeness (QED) is 0.195. The van der Waals surface area contributed by atoms with Crippen LogP contribution in [-0.2, 0) is 14.4 Å². The Balaban J connectivity index is 1.94. The number of phenols is 2. The molecule has 0 saturated heterocycles. The predicted molar refractivity (Wildman–Crippen MR) is 138 cm³/mol. The molecule has 1 amide bonds. The fourth-order valence-electron chi connectivity index (χ4n) is 5.67. The number of aliphatic hydroxyl groups excluding tert-OH is 2. The standard InChI is InChI=1S/C28H30N2O8/c1-4-13-12-18-22(30(2)3)24(34)21(27(29)37)26(36)28(18,38)25(35)20(13)23(33)17-11-15(8-9-19(17)32)14-6-5-7-16(31)10-14/h5-11,13,18,22,31-33,36,38H,4,12H2,1-3H3,(H2,29,37)/t13-,18-,22-,28-/m0/s1. The molecule has 1 saturated carbocycles. The van der Waals surface area contributed by atoms with Crippen molar-refractivity contribution >= 4 is 23.2 Å². The third kappa shape index (κ3) is 4.02. The molecule has 0 aromatic heterocycles. The van der Waals surface area contributed by atoms with Crippen LogP contribution in [0.1, 0.15) is 25.3 Å². The highest BCUT2D eigenvalue weighted by Crippen LogP contribution is 2.50. The van der Waals surface area contributed by atoms with E-state index in [0.29, 0.717) is 17.5 Å². The Morgan fingerprint density at radius 2 is 1.74 bits per heavy atom. The van der Waals surface area contributed by atoms with E-state index in [1.54, 1.807) is 39.2 Å². The first kappa shape index (κ1) is 26.9. The first-order valence-electron chi connectivity index (χ1n) is 12.1. The summed E-state index contributed by atoms with van der Waals surface area (Å²) in [4.78, 5) is 40.6. The van der Waals surface area contributed by atoms with Gasteiger partial charge in [-0.2, -0.15) is 0 Å². The van der Waals surface area contributed by atoms with Crippen molar-refractivity contribution in [3.63, 3.8) is 0 Å². The first-order chi connectivity index (χ1) is 17.8. The van der Waals surface area contributed by atoms with Crippen LogP contribution < -0.4 is 5.73 Å². The van der Waals surface area contributed by atoms with Gasteiger partial charge in [0.25, 0.3) is 5.91 Å². The van der Waals surface area contributed by atoms with Crippen LogP contribution in [0.3, 0.4) is 0 Å². The second-order valence-corrected chi connectivity index (χ2v) is 9.95. The van der Waals surface area contributed by atoms with Crippen molar-refractivity contribution < 1.29 is 39.9 Å². The third-order valence-electron chi connectivity index (χ3n) is 7.55. The Morgan fingerprint density at radius 3 is 2.32 bits per heavy atom. The molecule has 0 spiro atoms. The average molecular weight is 523 g/mol. The number of amides is 1. The lowest BCUT2D eigenvalue weighted by atomic mass is 9.59. The summed E-state index contributed by atoms with van der Waals surface area (Å²) < 4.78 is 0. The fraction of sp³-hybridized carbons (Fsp3) is 0.321. The maximum absolute atomic E-state index is 14.0. The Kier molecular flexibility index (Phi) is 6.81. The molecule has 10 heteroatoms. The van der Waals surface area contributed by atoms with Crippen molar-refractivity contribution in [1.82, 2.24) is 4.90 Å². The molecule has 0 unspecified atom stereocenters. The van der Waals surface area contributed by atoms with Gasteiger partial charge in [0.15, 0.2) is 11.4 Å². The molecule has 7 N–H and O–H groups in total. The van der Waals surface area contributed by atoms with E-state index in [9.17, 15) is 39.9 Å². The maximum atomic E-state index is 14.0. The van der Waals surface area contributed by atoms with E-state index in [1.807, 2.05) is 0 Å². The van der Waals surface area contributed by atoms with Gasteiger partial charge in [-0.25, -0.2) is 0 Å². The van der Waals surface area contributed by atoms with Crippen molar-refractivity contribution in [2.75, 3.05) is 14.1 Å². The van der Waals surface area contributed by atoms with Crippen LogP contribution in [0.25, 0.3) is 16.9 Å². The lowest BCUT2D eigenvalue weighted by Gasteiger charge is -2.49. The molecule has 2 aromatic rings. The summed E-state index contributed by atoms with van der Waals surface area (Å²) in [5.74, 6) is -7.05. The summed E-state index contributed by atoms with van der Waals surface area (Å²) in [6.45, 7) is 1.76. The van der Waals surface area contributed by atoms with Gasteiger partial charge < -0.3 is 31.3 Å². The number of rotatable bonds is 5. The molecule has 0 radical (unpaired) electrons. The van der Waals surface area contributed by atoms with E-state index in [0.717, 1.165) is 0 Å². The number of carbonyl (C=O) groups excluding carboxylic acids is 3. The average Bonchev–Trinajstić information content (AvgIpc) is 2.85. The number of aromatic hydroxyl groups is 2. The van der Waals surface area contributed by atoms with Crippen molar-refractivity contribution in [1.29, 1.82) is 0 Å². The topological polar surface area (TPSA) is 182 Å². The van der Waals surface area contributed by atoms with E-state index < -0.39 is 58.0 Å². The summed E-state index contributed by atoms with van der Waals surface area (Å²) in [5, 5.41) is 54.5.